The van der Waals surface area contributed by atoms with Crippen molar-refractivity contribution in [1.29, 1.82) is 0 Å². The number of aromatic hydroxyl groups is 2. The van der Waals surface area contributed by atoms with Crippen LogP contribution in [0.4, 0.5) is 8.78 Å². The molecule has 4 aromatic carbocycles. The molecule has 18 heteroatoms. The summed E-state index contributed by atoms with van der Waals surface area (Å²) in [6.07, 6.45) is 7.46. The third kappa shape index (κ3) is 13.0. The molecule has 10 rings (SSSR count). The Labute approximate surface area is 446 Å². The van der Waals surface area contributed by atoms with E-state index in [1.54, 1.807) is 12.1 Å². The fourth-order valence-corrected chi connectivity index (χ4v) is 11.4. The molecule has 2 saturated heterocycles. The Morgan fingerprint density at radius 1 is 0.653 bits per heavy atom. The second-order valence-corrected chi connectivity index (χ2v) is 20.1. The minimum absolute atomic E-state index is 0. The number of phenolic OH excluding ortho intramolecular Hbond substituents is 2. The Morgan fingerprint density at radius 2 is 1.12 bits per heavy atom. The van der Waals surface area contributed by atoms with Gasteiger partial charge in [0.1, 0.15) is 23.1 Å². The van der Waals surface area contributed by atoms with Crippen molar-refractivity contribution in [2.24, 2.45) is 29.2 Å². The van der Waals surface area contributed by atoms with Crippen LogP contribution in [0, 0.1) is 43.2 Å². The van der Waals surface area contributed by atoms with E-state index in [1.807, 2.05) is 26.0 Å². The predicted octanol–water partition coefficient (Wildman–Crippen LogP) is 11.0. The number of halogens is 6. The quantitative estimate of drug-likeness (QED) is 0.0916. The van der Waals surface area contributed by atoms with Crippen LogP contribution in [-0.2, 0) is 28.7 Å². The van der Waals surface area contributed by atoms with Gasteiger partial charge in [0.05, 0.1) is 35.8 Å². The number of nitrogens with two attached hydrogens (primary N) is 2. The van der Waals surface area contributed by atoms with Gasteiger partial charge in [-0.05, 0) is 149 Å². The fraction of sp³-hybridized carbons (Fsp3) is 0.519. The molecule has 396 valence electrons. The van der Waals surface area contributed by atoms with Crippen LogP contribution in [-0.4, -0.2) is 94.9 Å². The van der Waals surface area contributed by atoms with E-state index in [0.717, 1.165) is 146 Å². The number of aromatic nitrogens is 2. The number of likely N-dealkylation sites (tertiary alicyclic amines) is 2. The average Bonchev–Trinajstić information content (AvgIpc) is 3.96. The van der Waals surface area contributed by atoms with E-state index in [0.29, 0.717) is 53.5 Å². The molecular weight excluding hydrogens is 1010 g/mol. The van der Waals surface area contributed by atoms with Crippen molar-refractivity contribution < 1.29 is 37.5 Å². The summed E-state index contributed by atoms with van der Waals surface area (Å²) >= 11 is 0. The number of rotatable bonds is 12. The lowest BCUT2D eigenvalue weighted by atomic mass is 9.83. The number of benzene rings is 4. The molecule has 4 aliphatic heterocycles. The molecule has 0 spiro atoms. The molecule has 4 aliphatic rings. The highest BCUT2D eigenvalue weighted by Gasteiger charge is 2.37. The van der Waals surface area contributed by atoms with Crippen LogP contribution in [0.1, 0.15) is 109 Å². The summed E-state index contributed by atoms with van der Waals surface area (Å²) in [7, 11) is 0. The lowest BCUT2D eigenvalue weighted by molar-refractivity contribution is -0.0652. The van der Waals surface area contributed by atoms with Gasteiger partial charge in [-0.15, -0.1) is 49.6 Å². The van der Waals surface area contributed by atoms with Gasteiger partial charge in [-0.1, -0.05) is 48.4 Å². The number of hydrogen-bond donors (Lipinski definition) is 4. The van der Waals surface area contributed by atoms with Crippen molar-refractivity contribution in [3.8, 4) is 11.5 Å². The second kappa shape index (κ2) is 26.1. The van der Waals surface area contributed by atoms with Crippen molar-refractivity contribution >= 4 is 71.6 Å². The molecule has 72 heavy (non-hydrogen) atoms. The Kier molecular flexibility index (Phi) is 21.4. The van der Waals surface area contributed by atoms with Crippen LogP contribution < -0.4 is 11.5 Å². The molecule has 2 fully saturated rings. The highest BCUT2D eigenvalue weighted by molar-refractivity contribution is 5.86. The number of fused-ring (bicyclic) bond motifs is 4. The third-order valence-electron chi connectivity index (χ3n) is 15.4. The van der Waals surface area contributed by atoms with E-state index in [9.17, 15) is 19.0 Å². The molecule has 0 bridgehead atoms. The highest BCUT2D eigenvalue weighted by Crippen LogP contribution is 2.42. The van der Waals surface area contributed by atoms with Gasteiger partial charge < -0.3 is 50.0 Å². The molecule has 6 atom stereocenters. The van der Waals surface area contributed by atoms with Gasteiger partial charge in [0.25, 0.3) is 0 Å². The molecule has 12 nitrogen and oxygen atoms in total. The van der Waals surface area contributed by atoms with Crippen molar-refractivity contribution in [1.82, 2.24) is 20.1 Å². The van der Waals surface area contributed by atoms with Crippen molar-refractivity contribution in [2.75, 3.05) is 52.4 Å². The first kappa shape index (κ1) is 59.1. The number of hydrogen-bond acceptors (Lipinski definition) is 12. The number of nitrogens with zero attached hydrogens (tertiary/aromatic N) is 4. The largest absolute Gasteiger partial charge is 0.507 e. The molecule has 2 unspecified atom stereocenters. The SMILES string of the molecule is Cc1ccc2c(c1O)C[C@@H](C1CCN(CC(C)Cc3noc4cc(F)ccc34)CC1)O[C@H]2CN.Cc1ccc2c(c1O)C[C@@H](C1CCN(CCC(C)c3noc4cc(F)ccc34)CC1)O[C@H]2CN.Cl.Cl.Cl.Cl. The van der Waals surface area contributed by atoms with Crippen LogP contribution in [0.15, 0.2) is 69.7 Å². The molecule has 0 saturated carbocycles. The van der Waals surface area contributed by atoms with E-state index >= 15 is 0 Å². The summed E-state index contributed by atoms with van der Waals surface area (Å²) in [4.78, 5) is 5.02. The first-order valence-corrected chi connectivity index (χ1v) is 24.7. The molecule has 6 N–H and O–H groups in total. The number of ether oxygens (including phenoxy) is 2. The maximum Gasteiger partial charge on any atom is 0.170 e. The van der Waals surface area contributed by atoms with Gasteiger partial charge in [-0.25, -0.2) is 8.78 Å². The summed E-state index contributed by atoms with van der Waals surface area (Å²) in [6, 6.07) is 17.2. The van der Waals surface area contributed by atoms with Gasteiger partial charge in [-0.2, -0.15) is 0 Å². The second-order valence-electron chi connectivity index (χ2n) is 20.1. The maximum absolute atomic E-state index is 13.4. The summed E-state index contributed by atoms with van der Waals surface area (Å²) in [5, 5.41) is 31.5. The Morgan fingerprint density at radius 3 is 1.64 bits per heavy atom. The van der Waals surface area contributed by atoms with Crippen LogP contribution in [0.5, 0.6) is 11.5 Å². The van der Waals surface area contributed by atoms with E-state index in [2.05, 4.69) is 46.1 Å². The third-order valence-corrected chi connectivity index (χ3v) is 15.4. The summed E-state index contributed by atoms with van der Waals surface area (Å²) in [6.45, 7) is 15.2. The monoisotopic (exact) mass is 1080 g/mol. The summed E-state index contributed by atoms with van der Waals surface area (Å²) in [5.74, 6) is 1.76. The molecule has 0 radical (unpaired) electrons. The lowest BCUT2D eigenvalue weighted by Gasteiger charge is -2.41. The molecule has 0 aliphatic carbocycles. The van der Waals surface area contributed by atoms with Crippen LogP contribution in [0.2, 0.25) is 0 Å². The van der Waals surface area contributed by atoms with E-state index in [4.69, 9.17) is 30.0 Å². The minimum atomic E-state index is -0.306. The van der Waals surface area contributed by atoms with Gasteiger partial charge in [0, 0.05) is 72.4 Å². The molecular formula is C54H72Cl4F2N6O6. The summed E-state index contributed by atoms with van der Waals surface area (Å²) < 4.78 is 50.4. The Balaban J connectivity index is 0.000000253. The normalized spacial score (nSPS) is 21.4. The standard InChI is InChI=1S/2C27H34FN3O3.4ClH/c1-16(26-21-6-4-19(28)13-24(21)34-30-26)7-10-31-11-8-18(9-12-31)23-14-22-20(25(15-29)33-23)5-3-17(2)27(22)32;1-16(11-23-21-6-4-19(28)12-25(21)34-30-23)15-31-9-7-18(8-10-31)24-13-22-20(26(14-29)33-24)5-3-17(2)27(22)32;;;;/h3-6,13,16,18,23,25,32H,7-12,14-15,29H2,1-2H3;3-6,12,16,18,24,26,32H,7-11,13-15,29H2,1-2H3;4*1H/t16?,23-,25-;16?,24-,26-;;;;/m00..../s1. The Bertz CT molecular complexity index is 2700. The molecule has 6 heterocycles. The topological polar surface area (TPSA) is 170 Å². The van der Waals surface area contributed by atoms with Gasteiger partial charge in [0.15, 0.2) is 11.2 Å². The highest BCUT2D eigenvalue weighted by atomic mass is 35.5. The zero-order chi connectivity index (χ0) is 47.6. The first-order chi connectivity index (χ1) is 32.9. The van der Waals surface area contributed by atoms with Crippen LogP contribution >= 0.6 is 49.6 Å². The lowest BCUT2D eigenvalue weighted by Crippen LogP contribution is -2.43. The smallest absolute Gasteiger partial charge is 0.170 e. The van der Waals surface area contributed by atoms with Gasteiger partial charge >= 0.3 is 0 Å². The number of aryl methyl sites for hydroxylation is 2. The number of phenols is 2. The van der Waals surface area contributed by atoms with Crippen LogP contribution in [0.25, 0.3) is 21.9 Å². The van der Waals surface area contributed by atoms with Gasteiger partial charge in [0.2, 0.25) is 0 Å². The van der Waals surface area contributed by atoms with E-state index in [-0.39, 0.29) is 91.6 Å². The summed E-state index contributed by atoms with van der Waals surface area (Å²) in [5.41, 5.74) is 20.8. The van der Waals surface area contributed by atoms with E-state index in [1.165, 1.54) is 24.3 Å². The Hall–Kier alpha value is -3.80. The van der Waals surface area contributed by atoms with Crippen molar-refractivity contribution in [2.45, 2.75) is 109 Å². The maximum atomic E-state index is 13.4. The molecule has 2 aromatic heterocycles. The van der Waals surface area contributed by atoms with Crippen molar-refractivity contribution in [3.05, 3.63) is 117 Å². The van der Waals surface area contributed by atoms with Gasteiger partial charge in [-0.3, -0.25) is 0 Å². The zero-order valence-corrected chi connectivity index (χ0v) is 44.8. The average molecular weight is 1080 g/mol. The fourth-order valence-electron chi connectivity index (χ4n) is 11.4. The first-order valence-electron chi connectivity index (χ1n) is 24.7. The van der Waals surface area contributed by atoms with Crippen molar-refractivity contribution in [3.63, 3.8) is 0 Å². The van der Waals surface area contributed by atoms with E-state index < -0.39 is 0 Å². The zero-order valence-electron chi connectivity index (χ0n) is 41.6. The molecule has 0 amide bonds. The predicted molar refractivity (Wildman–Crippen MR) is 288 cm³/mol. The van der Waals surface area contributed by atoms with Crippen LogP contribution in [0.3, 0.4) is 0 Å². The number of piperidine rings is 2. The molecule has 6 aromatic rings. The minimum Gasteiger partial charge on any atom is -0.507 e.